The summed E-state index contributed by atoms with van der Waals surface area (Å²) in [4.78, 5) is 20.8. The lowest BCUT2D eigenvalue weighted by atomic mass is 10.2. The fraction of sp³-hybridized carbons (Fsp3) is 0.333. The van der Waals surface area contributed by atoms with E-state index < -0.39 is 5.97 Å². The minimum Gasteiger partial charge on any atom is -0.481 e. The molecule has 0 amide bonds. The molecule has 0 atom stereocenters. The maximum absolute atomic E-state index is 11.0. The first kappa shape index (κ1) is 16.9. The van der Waals surface area contributed by atoms with Gasteiger partial charge in [-0.25, -0.2) is 4.79 Å². The molecular formula is C15H20O4. The molecule has 0 aliphatic heterocycles. The van der Waals surface area contributed by atoms with Crippen LogP contribution in [0.4, 0.5) is 0 Å². The molecule has 0 saturated heterocycles. The fourth-order valence-electron chi connectivity index (χ4n) is 1.24. The van der Waals surface area contributed by atoms with Crippen molar-refractivity contribution in [2.75, 3.05) is 0 Å². The molecule has 0 spiro atoms. The highest BCUT2D eigenvalue weighted by Crippen LogP contribution is 2.00. The van der Waals surface area contributed by atoms with Gasteiger partial charge in [0, 0.05) is 6.42 Å². The number of aliphatic carboxylic acids is 1. The number of esters is 1. The smallest absolute Gasteiger partial charge is 0.342 e. The van der Waals surface area contributed by atoms with Gasteiger partial charge in [-0.3, -0.25) is 4.79 Å². The summed E-state index contributed by atoms with van der Waals surface area (Å²) in [6, 6.07) is 8.77. The molecule has 1 N–H and O–H groups in total. The van der Waals surface area contributed by atoms with Gasteiger partial charge in [-0.05, 0) is 18.6 Å². The van der Waals surface area contributed by atoms with Crippen molar-refractivity contribution >= 4 is 11.9 Å². The normalized spacial score (nSPS) is 8.89. The Kier molecular flexibility index (Phi) is 9.80. The average Bonchev–Trinajstić information content (AvgIpc) is 2.41. The number of carboxylic acids is 1. The number of benzene rings is 1. The minimum absolute atomic E-state index is 0.327. The first-order valence-electron chi connectivity index (χ1n) is 6.20. The summed E-state index contributed by atoms with van der Waals surface area (Å²) in [5, 5.41) is 8.14. The Balaban J connectivity index is 0.000000362. The lowest BCUT2D eigenvalue weighted by Crippen LogP contribution is -1.98. The van der Waals surface area contributed by atoms with Gasteiger partial charge < -0.3 is 9.84 Å². The monoisotopic (exact) mass is 264 g/mol. The van der Waals surface area contributed by atoms with Crippen LogP contribution in [0.5, 0.6) is 0 Å². The van der Waals surface area contributed by atoms with E-state index in [-0.39, 0.29) is 5.97 Å². The summed E-state index contributed by atoms with van der Waals surface area (Å²) in [7, 11) is 0. The third-order valence-electron chi connectivity index (χ3n) is 2.19. The summed E-state index contributed by atoms with van der Waals surface area (Å²) in [6.45, 7) is 5.34. The van der Waals surface area contributed by atoms with Crippen molar-refractivity contribution in [2.45, 2.75) is 32.6 Å². The van der Waals surface area contributed by atoms with Crippen LogP contribution in [0.25, 0.3) is 0 Å². The summed E-state index contributed by atoms with van der Waals surface area (Å²) in [6.07, 6.45) is 4.40. The molecular weight excluding hydrogens is 244 g/mol. The molecule has 4 heteroatoms. The quantitative estimate of drug-likeness (QED) is 0.484. The molecule has 0 aliphatic carbocycles. The van der Waals surface area contributed by atoms with Crippen molar-refractivity contribution in [3.05, 3.63) is 48.7 Å². The van der Waals surface area contributed by atoms with Gasteiger partial charge in [-0.2, -0.15) is 0 Å². The summed E-state index contributed by atoms with van der Waals surface area (Å²) in [5.74, 6) is -1.06. The largest absolute Gasteiger partial charge is 0.481 e. The van der Waals surface area contributed by atoms with Gasteiger partial charge in [0.2, 0.25) is 0 Å². The van der Waals surface area contributed by atoms with E-state index in [0.717, 1.165) is 25.5 Å². The van der Waals surface area contributed by atoms with Gasteiger partial charge in [0.1, 0.15) is 0 Å². The van der Waals surface area contributed by atoms with Crippen molar-refractivity contribution in [1.29, 1.82) is 0 Å². The predicted molar refractivity (Wildman–Crippen MR) is 73.8 cm³/mol. The van der Waals surface area contributed by atoms with Crippen LogP contribution in [0, 0.1) is 0 Å². The molecule has 0 aromatic heterocycles. The Morgan fingerprint density at radius 2 is 1.89 bits per heavy atom. The molecule has 0 radical (unpaired) electrons. The topological polar surface area (TPSA) is 63.6 Å². The lowest BCUT2D eigenvalue weighted by Gasteiger charge is -1.96. The zero-order valence-electron chi connectivity index (χ0n) is 11.2. The molecule has 1 rings (SSSR count). The number of carboxylic acid groups (broad SMARTS) is 1. The maximum atomic E-state index is 11.0. The van der Waals surface area contributed by atoms with E-state index in [9.17, 15) is 9.59 Å². The van der Waals surface area contributed by atoms with Crippen LogP contribution in [0.1, 0.15) is 43.0 Å². The van der Waals surface area contributed by atoms with Crippen molar-refractivity contribution < 1.29 is 19.4 Å². The van der Waals surface area contributed by atoms with E-state index in [1.54, 1.807) is 24.3 Å². The number of hydrogen-bond donors (Lipinski definition) is 1. The number of unbranched alkanes of at least 4 members (excludes halogenated alkanes) is 2. The van der Waals surface area contributed by atoms with Gasteiger partial charge in [0.05, 0.1) is 11.8 Å². The standard InChI is InChI=1S/C9H8O2.C6H12O2/c1-2-11-9(10)8-6-4-3-5-7-8;1-2-3-4-5-6(7)8/h2-7H,1H2;2-5H2,1H3,(H,7,8). The van der Waals surface area contributed by atoms with Crippen molar-refractivity contribution in [2.24, 2.45) is 0 Å². The van der Waals surface area contributed by atoms with E-state index in [2.05, 4.69) is 18.2 Å². The molecule has 0 fully saturated rings. The second-order valence-corrected chi connectivity index (χ2v) is 3.79. The van der Waals surface area contributed by atoms with E-state index in [0.29, 0.717) is 12.0 Å². The van der Waals surface area contributed by atoms with Crippen LogP contribution in [-0.4, -0.2) is 17.0 Å². The number of hydrogen-bond acceptors (Lipinski definition) is 3. The molecule has 4 nitrogen and oxygen atoms in total. The zero-order valence-corrected chi connectivity index (χ0v) is 11.2. The first-order chi connectivity index (χ1) is 9.11. The Morgan fingerprint density at radius 3 is 2.37 bits per heavy atom. The van der Waals surface area contributed by atoms with E-state index in [1.807, 2.05) is 6.07 Å². The Hall–Kier alpha value is -2.10. The average molecular weight is 264 g/mol. The lowest BCUT2D eigenvalue weighted by molar-refractivity contribution is -0.137. The molecule has 0 heterocycles. The number of carbonyl (C=O) groups is 2. The third-order valence-corrected chi connectivity index (χ3v) is 2.19. The van der Waals surface area contributed by atoms with Crippen molar-refractivity contribution in [3.8, 4) is 0 Å². The Bertz CT molecular complexity index is 384. The number of ether oxygens (including phenoxy) is 1. The van der Waals surface area contributed by atoms with E-state index in [1.165, 1.54) is 0 Å². The first-order valence-corrected chi connectivity index (χ1v) is 6.20. The van der Waals surface area contributed by atoms with Gasteiger partial charge >= 0.3 is 11.9 Å². The molecule has 19 heavy (non-hydrogen) atoms. The second kappa shape index (κ2) is 11.0. The minimum atomic E-state index is -0.682. The molecule has 1 aromatic rings. The van der Waals surface area contributed by atoms with Crippen molar-refractivity contribution in [3.63, 3.8) is 0 Å². The van der Waals surface area contributed by atoms with Crippen LogP contribution < -0.4 is 0 Å². The van der Waals surface area contributed by atoms with E-state index >= 15 is 0 Å². The highest BCUT2D eigenvalue weighted by atomic mass is 16.5. The molecule has 0 bridgehead atoms. The van der Waals surface area contributed by atoms with Crippen LogP contribution in [0.2, 0.25) is 0 Å². The van der Waals surface area contributed by atoms with Gasteiger partial charge in [0.25, 0.3) is 0 Å². The van der Waals surface area contributed by atoms with Crippen molar-refractivity contribution in [1.82, 2.24) is 0 Å². The van der Waals surface area contributed by atoms with Gasteiger partial charge in [-0.1, -0.05) is 44.5 Å². The SMILES string of the molecule is C=COC(=O)c1ccccc1.CCCCCC(=O)O. The maximum Gasteiger partial charge on any atom is 0.342 e. The van der Waals surface area contributed by atoms with Gasteiger partial charge in [0.15, 0.2) is 0 Å². The highest BCUT2D eigenvalue weighted by Gasteiger charge is 2.01. The molecule has 0 unspecified atom stereocenters. The number of rotatable bonds is 6. The zero-order chi connectivity index (χ0) is 14.5. The fourth-order valence-corrected chi connectivity index (χ4v) is 1.24. The van der Waals surface area contributed by atoms with E-state index in [4.69, 9.17) is 5.11 Å². The molecule has 104 valence electrons. The Labute approximate surface area is 113 Å². The second-order valence-electron chi connectivity index (χ2n) is 3.79. The third kappa shape index (κ3) is 9.59. The van der Waals surface area contributed by atoms with Crippen LogP contribution >= 0.6 is 0 Å². The molecule has 0 aliphatic rings. The van der Waals surface area contributed by atoms with Gasteiger partial charge in [-0.15, -0.1) is 0 Å². The van der Waals surface area contributed by atoms with Crippen LogP contribution in [-0.2, 0) is 9.53 Å². The summed E-state index contributed by atoms with van der Waals surface area (Å²) < 4.78 is 4.55. The highest BCUT2D eigenvalue weighted by molar-refractivity contribution is 5.89. The predicted octanol–water partition coefficient (Wildman–Crippen LogP) is 3.64. The molecule has 1 aromatic carbocycles. The number of carbonyl (C=O) groups excluding carboxylic acids is 1. The Morgan fingerprint density at radius 1 is 1.26 bits per heavy atom. The van der Waals surface area contributed by atoms with Crippen LogP contribution in [0.15, 0.2) is 43.2 Å². The summed E-state index contributed by atoms with van der Waals surface area (Å²) in [5.41, 5.74) is 0.535. The molecule has 0 saturated carbocycles. The van der Waals surface area contributed by atoms with Crippen LogP contribution in [0.3, 0.4) is 0 Å². The summed E-state index contributed by atoms with van der Waals surface area (Å²) >= 11 is 0.